The van der Waals surface area contributed by atoms with Gasteiger partial charge in [-0.1, -0.05) is 30.9 Å². The van der Waals surface area contributed by atoms with Crippen molar-refractivity contribution in [3.05, 3.63) is 39.8 Å². The molecule has 24 heavy (non-hydrogen) atoms. The number of aromatic amines is 1. The summed E-state index contributed by atoms with van der Waals surface area (Å²) in [5, 5.41) is 1.82. The first-order valence-electron chi connectivity index (χ1n) is 8.39. The number of carbonyl (C=O) groups excluding carboxylic acids is 1. The summed E-state index contributed by atoms with van der Waals surface area (Å²) in [6, 6.07) is 5.37. The van der Waals surface area contributed by atoms with Gasteiger partial charge < -0.3 is 15.6 Å². The first-order valence-corrected chi connectivity index (χ1v) is 8.76. The van der Waals surface area contributed by atoms with Gasteiger partial charge in [0.15, 0.2) is 0 Å². The monoisotopic (exact) mass is 347 g/mol. The van der Waals surface area contributed by atoms with E-state index in [1.165, 1.54) is 32.1 Å². The highest BCUT2D eigenvalue weighted by Gasteiger charge is 2.21. The minimum atomic E-state index is -0.382. The van der Waals surface area contributed by atoms with Crippen molar-refractivity contribution in [1.29, 1.82) is 0 Å². The lowest BCUT2D eigenvalue weighted by Crippen LogP contribution is -2.38. The third-order valence-corrected chi connectivity index (χ3v) is 5.03. The molecule has 0 aliphatic heterocycles. The highest BCUT2D eigenvalue weighted by atomic mass is 35.5. The summed E-state index contributed by atoms with van der Waals surface area (Å²) in [4.78, 5) is 28.0. The number of H-pyrrole nitrogens is 1. The molecule has 3 N–H and O–H groups in total. The largest absolute Gasteiger partial charge is 0.368 e. The molecule has 3 rings (SSSR count). The summed E-state index contributed by atoms with van der Waals surface area (Å²) >= 11 is 6.42. The second-order valence-electron chi connectivity index (χ2n) is 6.55. The number of primary amides is 1. The van der Waals surface area contributed by atoms with Gasteiger partial charge in [-0.2, -0.15) is 0 Å². The van der Waals surface area contributed by atoms with Crippen molar-refractivity contribution in [1.82, 2.24) is 4.98 Å². The van der Waals surface area contributed by atoms with E-state index in [-0.39, 0.29) is 18.0 Å². The van der Waals surface area contributed by atoms with Crippen LogP contribution in [0.1, 0.15) is 32.1 Å². The Labute approximate surface area is 145 Å². The number of hydrogen-bond acceptors (Lipinski definition) is 3. The number of rotatable bonds is 5. The minimum absolute atomic E-state index is 0.130. The first kappa shape index (κ1) is 16.8. The second-order valence-corrected chi connectivity index (χ2v) is 6.96. The van der Waals surface area contributed by atoms with Crippen molar-refractivity contribution in [2.75, 3.05) is 18.0 Å². The number of benzene rings is 1. The molecule has 1 fully saturated rings. The number of amides is 1. The zero-order valence-electron chi connectivity index (χ0n) is 13.6. The van der Waals surface area contributed by atoms with E-state index in [1.807, 2.05) is 17.0 Å². The van der Waals surface area contributed by atoms with Crippen LogP contribution in [-0.4, -0.2) is 24.0 Å². The molecule has 1 saturated carbocycles. The van der Waals surface area contributed by atoms with Crippen LogP contribution in [0, 0.1) is 5.92 Å². The Bertz CT molecular complexity index is 796. The molecule has 0 atom stereocenters. The van der Waals surface area contributed by atoms with E-state index < -0.39 is 0 Å². The van der Waals surface area contributed by atoms with Gasteiger partial charge in [-0.15, -0.1) is 0 Å². The van der Waals surface area contributed by atoms with Crippen molar-refractivity contribution < 1.29 is 4.79 Å². The highest BCUT2D eigenvalue weighted by Crippen LogP contribution is 2.32. The SMILES string of the molecule is NC(=O)CN(CC1CCCCC1)c1cc2cc[nH]c(=O)c2cc1Cl. The summed E-state index contributed by atoms with van der Waals surface area (Å²) < 4.78 is 0. The van der Waals surface area contributed by atoms with E-state index in [9.17, 15) is 9.59 Å². The summed E-state index contributed by atoms with van der Waals surface area (Å²) in [6.07, 6.45) is 7.69. The zero-order valence-corrected chi connectivity index (χ0v) is 14.3. The number of pyridine rings is 1. The molecule has 5 nitrogen and oxygen atoms in total. The third kappa shape index (κ3) is 3.73. The van der Waals surface area contributed by atoms with Crippen molar-refractivity contribution in [2.45, 2.75) is 32.1 Å². The zero-order chi connectivity index (χ0) is 17.1. The van der Waals surface area contributed by atoms with Gasteiger partial charge in [0.25, 0.3) is 5.56 Å². The number of nitrogens with zero attached hydrogens (tertiary/aromatic N) is 1. The Hall–Kier alpha value is -2.01. The summed E-state index contributed by atoms with van der Waals surface area (Å²) in [6.45, 7) is 0.891. The molecular formula is C18H22ClN3O2. The Morgan fingerprint density at radius 1 is 1.29 bits per heavy atom. The second kappa shape index (κ2) is 7.26. The van der Waals surface area contributed by atoms with E-state index in [0.717, 1.165) is 17.6 Å². The Morgan fingerprint density at radius 3 is 2.75 bits per heavy atom. The molecule has 1 aromatic heterocycles. The standard InChI is InChI=1S/C18H22ClN3O2/c19-15-9-14-13(6-7-21-18(14)24)8-16(15)22(11-17(20)23)10-12-4-2-1-3-5-12/h6-9,12H,1-5,10-11H2,(H2,20,23)(H,21,24). The molecule has 128 valence electrons. The number of anilines is 1. The summed E-state index contributed by atoms with van der Waals surface area (Å²) in [7, 11) is 0. The predicted molar refractivity (Wildman–Crippen MR) is 97.6 cm³/mol. The highest BCUT2D eigenvalue weighted by molar-refractivity contribution is 6.34. The van der Waals surface area contributed by atoms with Crippen LogP contribution in [0.15, 0.2) is 29.2 Å². The molecule has 0 unspecified atom stereocenters. The average Bonchev–Trinajstić information content (AvgIpc) is 2.55. The van der Waals surface area contributed by atoms with Crippen LogP contribution in [0.4, 0.5) is 5.69 Å². The smallest absolute Gasteiger partial charge is 0.255 e. The fourth-order valence-corrected chi connectivity index (χ4v) is 3.84. The molecular weight excluding hydrogens is 326 g/mol. The number of aromatic nitrogens is 1. The molecule has 0 radical (unpaired) electrons. The number of fused-ring (bicyclic) bond motifs is 1. The maximum Gasteiger partial charge on any atom is 0.255 e. The molecule has 1 aliphatic rings. The van der Waals surface area contributed by atoms with E-state index in [0.29, 0.717) is 16.3 Å². The normalized spacial score (nSPS) is 15.5. The molecule has 0 saturated heterocycles. The Morgan fingerprint density at radius 2 is 2.04 bits per heavy atom. The lowest BCUT2D eigenvalue weighted by atomic mass is 9.89. The fraction of sp³-hybridized carbons (Fsp3) is 0.444. The lowest BCUT2D eigenvalue weighted by Gasteiger charge is -2.31. The molecule has 2 aromatic rings. The van der Waals surface area contributed by atoms with Crippen LogP contribution in [0.2, 0.25) is 5.02 Å². The third-order valence-electron chi connectivity index (χ3n) is 4.73. The van der Waals surface area contributed by atoms with E-state index >= 15 is 0 Å². The molecule has 6 heteroatoms. The number of halogens is 1. The topological polar surface area (TPSA) is 79.2 Å². The quantitative estimate of drug-likeness (QED) is 0.872. The van der Waals surface area contributed by atoms with Crippen molar-refractivity contribution in [3.8, 4) is 0 Å². The summed E-state index contributed by atoms with van der Waals surface area (Å²) in [5.74, 6) is 0.164. The van der Waals surface area contributed by atoms with E-state index in [1.54, 1.807) is 12.3 Å². The van der Waals surface area contributed by atoms with Crippen LogP contribution >= 0.6 is 11.6 Å². The predicted octanol–water partition coefficient (Wildman–Crippen LogP) is 3.05. The average molecular weight is 348 g/mol. The molecule has 0 spiro atoms. The fourth-order valence-electron chi connectivity index (χ4n) is 3.56. The summed E-state index contributed by atoms with van der Waals surface area (Å²) in [5.41, 5.74) is 6.04. The van der Waals surface area contributed by atoms with Gasteiger partial charge in [0.1, 0.15) is 0 Å². The van der Waals surface area contributed by atoms with Crippen LogP contribution in [0.5, 0.6) is 0 Å². The van der Waals surface area contributed by atoms with Crippen LogP contribution in [0.25, 0.3) is 10.8 Å². The number of nitrogens with one attached hydrogen (secondary N) is 1. The Kier molecular flexibility index (Phi) is 5.09. The van der Waals surface area contributed by atoms with E-state index in [4.69, 9.17) is 17.3 Å². The molecule has 1 heterocycles. The van der Waals surface area contributed by atoms with Crippen molar-refractivity contribution >= 4 is 34.0 Å². The van der Waals surface area contributed by atoms with Gasteiger partial charge in [0.2, 0.25) is 5.91 Å². The molecule has 0 bridgehead atoms. The van der Waals surface area contributed by atoms with E-state index in [2.05, 4.69) is 4.98 Å². The molecule has 1 aromatic carbocycles. The van der Waals surface area contributed by atoms with Crippen molar-refractivity contribution in [2.24, 2.45) is 11.7 Å². The van der Waals surface area contributed by atoms with Gasteiger partial charge >= 0.3 is 0 Å². The van der Waals surface area contributed by atoms with Crippen LogP contribution in [-0.2, 0) is 4.79 Å². The number of nitrogens with two attached hydrogens (primary N) is 1. The first-order chi connectivity index (χ1) is 11.5. The van der Waals surface area contributed by atoms with Crippen molar-refractivity contribution in [3.63, 3.8) is 0 Å². The lowest BCUT2D eigenvalue weighted by molar-refractivity contribution is -0.116. The van der Waals surface area contributed by atoms with Crippen LogP contribution < -0.4 is 16.2 Å². The van der Waals surface area contributed by atoms with Gasteiger partial charge in [0, 0.05) is 18.1 Å². The maximum absolute atomic E-state index is 11.9. The van der Waals surface area contributed by atoms with Gasteiger partial charge in [-0.3, -0.25) is 9.59 Å². The number of carbonyl (C=O) groups is 1. The maximum atomic E-state index is 11.9. The van der Waals surface area contributed by atoms with Crippen LogP contribution in [0.3, 0.4) is 0 Å². The minimum Gasteiger partial charge on any atom is -0.368 e. The number of hydrogen-bond donors (Lipinski definition) is 2. The Balaban J connectivity index is 1.96. The van der Waals surface area contributed by atoms with Gasteiger partial charge in [-0.05, 0) is 42.3 Å². The molecule has 1 amide bonds. The van der Waals surface area contributed by atoms with Gasteiger partial charge in [0.05, 0.1) is 17.3 Å². The molecule has 1 aliphatic carbocycles. The van der Waals surface area contributed by atoms with Gasteiger partial charge in [-0.25, -0.2) is 0 Å².